The molecule has 1 aliphatic rings. The Hall–Kier alpha value is -1.79. The second-order valence-electron chi connectivity index (χ2n) is 6.32. The predicted octanol–water partition coefficient (Wildman–Crippen LogP) is 2.02. The van der Waals surface area contributed by atoms with E-state index in [1.807, 2.05) is 18.2 Å². The number of ketones is 1. The summed E-state index contributed by atoms with van der Waals surface area (Å²) in [6.45, 7) is 3.90. The molecule has 0 spiro atoms. The molecule has 1 aromatic heterocycles. The predicted molar refractivity (Wildman–Crippen MR) is 94.3 cm³/mol. The molecule has 0 aromatic carbocycles. The number of likely N-dealkylation sites (tertiary alicyclic amines) is 1. The Kier molecular flexibility index (Phi) is 9.15. The number of aromatic nitrogens is 1. The smallest absolute Gasteiger partial charge is 0.313 e. The average Bonchev–Trinajstić information content (AvgIpc) is 2.64. The number of rotatable bonds is 11. The third-order valence-electron chi connectivity index (χ3n) is 4.17. The van der Waals surface area contributed by atoms with Crippen molar-refractivity contribution in [3.63, 3.8) is 0 Å². The molecule has 25 heavy (non-hydrogen) atoms. The molecule has 138 valence electrons. The van der Waals surface area contributed by atoms with Crippen molar-refractivity contribution in [1.82, 2.24) is 9.88 Å². The fourth-order valence-corrected chi connectivity index (χ4v) is 2.81. The quantitative estimate of drug-likeness (QED) is 0.346. The van der Waals surface area contributed by atoms with Gasteiger partial charge in [-0.15, -0.1) is 0 Å². The molecule has 0 N–H and O–H groups in total. The zero-order chi connectivity index (χ0) is 17.7. The molecule has 1 fully saturated rings. The number of nitrogens with zero attached hydrogens (tertiary/aromatic N) is 2. The molecule has 0 amide bonds. The van der Waals surface area contributed by atoms with Crippen LogP contribution in [0.1, 0.15) is 37.8 Å². The summed E-state index contributed by atoms with van der Waals surface area (Å²) in [5.74, 6) is -0.709. The van der Waals surface area contributed by atoms with Crippen molar-refractivity contribution in [2.24, 2.45) is 0 Å². The fourth-order valence-electron chi connectivity index (χ4n) is 2.81. The van der Waals surface area contributed by atoms with Crippen LogP contribution in [0.5, 0.6) is 0 Å². The van der Waals surface area contributed by atoms with Crippen LogP contribution in [0.4, 0.5) is 0 Å². The Morgan fingerprint density at radius 2 is 1.96 bits per heavy atom. The molecule has 0 saturated carbocycles. The van der Waals surface area contributed by atoms with Gasteiger partial charge < -0.3 is 14.4 Å². The van der Waals surface area contributed by atoms with Crippen LogP contribution in [-0.2, 0) is 25.5 Å². The molecule has 0 atom stereocenters. The monoisotopic (exact) mass is 348 g/mol. The van der Waals surface area contributed by atoms with Crippen molar-refractivity contribution >= 4 is 11.8 Å². The number of carbonyl (C=O) groups is 2. The molecule has 2 heterocycles. The summed E-state index contributed by atoms with van der Waals surface area (Å²) >= 11 is 0. The van der Waals surface area contributed by atoms with E-state index in [2.05, 4.69) is 9.88 Å². The van der Waals surface area contributed by atoms with Crippen molar-refractivity contribution in [1.29, 1.82) is 0 Å². The molecule has 0 bridgehead atoms. The third-order valence-corrected chi connectivity index (χ3v) is 4.17. The molecular formula is C19H28N2O4. The van der Waals surface area contributed by atoms with Gasteiger partial charge in [0.1, 0.15) is 13.0 Å². The van der Waals surface area contributed by atoms with Gasteiger partial charge in [-0.3, -0.25) is 14.6 Å². The summed E-state index contributed by atoms with van der Waals surface area (Å²) in [7, 11) is 0. The van der Waals surface area contributed by atoms with E-state index in [0.717, 1.165) is 31.7 Å². The molecule has 1 aromatic rings. The summed E-state index contributed by atoms with van der Waals surface area (Å²) in [5, 5.41) is 0. The summed E-state index contributed by atoms with van der Waals surface area (Å²) in [6, 6.07) is 5.73. The van der Waals surface area contributed by atoms with Gasteiger partial charge in [0.25, 0.3) is 0 Å². The standard InChI is InChI=1S/C19H28N2O4/c22-18(16-24-14-12-21-10-4-1-5-11-21)15-19(23)25-13-6-8-17-7-2-3-9-20-17/h2-3,7,9H,1,4-6,8,10-16H2. The highest BCUT2D eigenvalue weighted by atomic mass is 16.5. The van der Waals surface area contributed by atoms with Gasteiger partial charge in [-0.2, -0.15) is 0 Å². The lowest BCUT2D eigenvalue weighted by Crippen LogP contribution is -2.33. The number of ether oxygens (including phenoxy) is 2. The molecule has 2 rings (SSSR count). The second kappa shape index (κ2) is 11.7. The first-order valence-electron chi connectivity index (χ1n) is 9.11. The van der Waals surface area contributed by atoms with Gasteiger partial charge in [0.2, 0.25) is 0 Å². The number of pyridine rings is 1. The minimum Gasteiger partial charge on any atom is -0.465 e. The van der Waals surface area contributed by atoms with E-state index >= 15 is 0 Å². The minimum atomic E-state index is -0.481. The van der Waals surface area contributed by atoms with Crippen LogP contribution in [0.15, 0.2) is 24.4 Å². The number of hydrogen-bond acceptors (Lipinski definition) is 6. The highest BCUT2D eigenvalue weighted by Crippen LogP contribution is 2.07. The third kappa shape index (κ3) is 8.74. The number of esters is 1. The van der Waals surface area contributed by atoms with Crippen molar-refractivity contribution in [2.45, 2.75) is 38.5 Å². The highest BCUT2D eigenvalue weighted by molar-refractivity contribution is 5.96. The van der Waals surface area contributed by atoms with Gasteiger partial charge in [-0.1, -0.05) is 12.5 Å². The lowest BCUT2D eigenvalue weighted by molar-refractivity contribution is -0.147. The van der Waals surface area contributed by atoms with E-state index in [1.54, 1.807) is 6.20 Å². The van der Waals surface area contributed by atoms with Gasteiger partial charge in [0.15, 0.2) is 5.78 Å². The Balaban J connectivity index is 1.46. The average molecular weight is 348 g/mol. The van der Waals surface area contributed by atoms with Gasteiger partial charge in [0.05, 0.1) is 13.2 Å². The minimum absolute atomic E-state index is 0.0170. The maximum Gasteiger partial charge on any atom is 0.313 e. The molecule has 0 radical (unpaired) electrons. The van der Waals surface area contributed by atoms with Gasteiger partial charge in [0, 0.05) is 18.4 Å². The van der Waals surface area contributed by atoms with E-state index in [1.165, 1.54) is 19.3 Å². The van der Waals surface area contributed by atoms with E-state index in [9.17, 15) is 9.59 Å². The van der Waals surface area contributed by atoms with E-state index in [4.69, 9.17) is 9.47 Å². The number of hydrogen-bond donors (Lipinski definition) is 0. The Bertz CT molecular complexity index is 515. The molecule has 6 nitrogen and oxygen atoms in total. The Morgan fingerprint density at radius 3 is 2.72 bits per heavy atom. The zero-order valence-corrected chi connectivity index (χ0v) is 14.8. The summed E-state index contributed by atoms with van der Waals surface area (Å²) in [4.78, 5) is 29.9. The summed E-state index contributed by atoms with van der Waals surface area (Å²) in [6.07, 6.45) is 6.76. The van der Waals surface area contributed by atoms with Crippen LogP contribution in [0, 0.1) is 0 Å². The lowest BCUT2D eigenvalue weighted by atomic mass is 10.1. The van der Waals surface area contributed by atoms with Crippen molar-refractivity contribution in [3.05, 3.63) is 30.1 Å². The lowest BCUT2D eigenvalue weighted by Gasteiger charge is -2.25. The largest absolute Gasteiger partial charge is 0.465 e. The second-order valence-corrected chi connectivity index (χ2v) is 6.32. The van der Waals surface area contributed by atoms with E-state index in [-0.39, 0.29) is 18.8 Å². The van der Waals surface area contributed by atoms with Crippen molar-refractivity contribution in [2.75, 3.05) is 39.5 Å². The Labute approximate surface area is 149 Å². The maximum atomic E-state index is 11.7. The van der Waals surface area contributed by atoms with E-state index < -0.39 is 5.97 Å². The zero-order valence-electron chi connectivity index (χ0n) is 14.8. The first-order chi connectivity index (χ1) is 12.2. The topological polar surface area (TPSA) is 68.7 Å². The number of Topliss-reactive ketones (excluding diaryl/α,β-unsaturated/α-hetero) is 1. The molecule has 0 aliphatic carbocycles. The van der Waals surface area contributed by atoms with Crippen molar-refractivity contribution < 1.29 is 19.1 Å². The summed E-state index contributed by atoms with van der Waals surface area (Å²) in [5.41, 5.74) is 0.969. The molecular weight excluding hydrogens is 320 g/mol. The summed E-state index contributed by atoms with van der Waals surface area (Å²) < 4.78 is 10.5. The molecule has 0 unspecified atom stereocenters. The van der Waals surface area contributed by atoms with Crippen LogP contribution < -0.4 is 0 Å². The SMILES string of the molecule is O=C(COCCN1CCCCC1)CC(=O)OCCCc1ccccn1. The first kappa shape index (κ1) is 19.5. The normalized spacial score (nSPS) is 15.0. The molecule has 1 aliphatic heterocycles. The van der Waals surface area contributed by atoms with Crippen LogP contribution in [0.25, 0.3) is 0 Å². The van der Waals surface area contributed by atoms with Gasteiger partial charge >= 0.3 is 5.97 Å². The van der Waals surface area contributed by atoms with Crippen LogP contribution >= 0.6 is 0 Å². The maximum absolute atomic E-state index is 11.7. The highest BCUT2D eigenvalue weighted by Gasteiger charge is 2.12. The molecule has 6 heteroatoms. The fraction of sp³-hybridized carbons (Fsp3) is 0.632. The number of piperidine rings is 1. The van der Waals surface area contributed by atoms with Crippen LogP contribution in [0.3, 0.4) is 0 Å². The number of carbonyl (C=O) groups excluding carboxylic acids is 2. The number of aryl methyl sites for hydroxylation is 1. The van der Waals surface area contributed by atoms with Crippen LogP contribution in [0.2, 0.25) is 0 Å². The van der Waals surface area contributed by atoms with Crippen molar-refractivity contribution in [3.8, 4) is 0 Å². The van der Waals surface area contributed by atoms with Gasteiger partial charge in [-0.25, -0.2) is 0 Å². The molecule has 1 saturated heterocycles. The Morgan fingerprint density at radius 1 is 1.12 bits per heavy atom. The van der Waals surface area contributed by atoms with Gasteiger partial charge in [-0.05, 0) is 50.9 Å². The van der Waals surface area contributed by atoms with E-state index in [0.29, 0.717) is 19.6 Å². The first-order valence-corrected chi connectivity index (χ1v) is 9.11. The van der Waals surface area contributed by atoms with Crippen LogP contribution in [-0.4, -0.2) is 61.1 Å².